The standard InChI is InChI=1S/C12H15N3O4/c1-19-8-3-2-4-15(7-8)11(16)9-5-14-10(6-13-9)12(17)18/h5-6,8H,2-4,7H2,1H3,(H,17,18). The number of likely N-dealkylation sites (tertiary alicyclic amines) is 1. The summed E-state index contributed by atoms with van der Waals surface area (Å²) in [5.74, 6) is -1.41. The molecule has 1 unspecified atom stereocenters. The van der Waals surface area contributed by atoms with Crippen molar-refractivity contribution in [2.45, 2.75) is 18.9 Å². The molecule has 2 rings (SSSR count). The molecule has 19 heavy (non-hydrogen) atoms. The van der Waals surface area contributed by atoms with E-state index in [1.807, 2.05) is 0 Å². The van der Waals surface area contributed by atoms with Gasteiger partial charge in [-0.25, -0.2) is 14.8 Å². The molecule has 0 saturated carbocycles. The fourth-order valence-electron chi connectivity index (χ4n) is 2.03. The summed E-state index contributed by atoms with van der Waals surface area (Å²) in [5.41, 5.74) is -0.0216. The van der Waals surface area contributed by atoms with Crippen molar-refractivity contribution in [1.29, 1.82) is 0 Å². The van der Waals surface area contributed by atoms with E-state index in [2.05, 4.69) is 9.97 Å². The molecule has 7 heteroatoms. The van der Waals surface area contributed by atoms with Crippen molar-refractivity contribution in [1.82, 2.24) is 14.9 Å². The van der Waals surface area contributed by atoms with Crippen molar-refractivity contribution >= 4 is 11.9 Å². The highest BCUT2D eigenvalue weighted by molar-refractivity contribution is 5.92. The Balaban J connectivity index is 2.08. The average molecular weight is 265 g/mol. The quantitative estimate of drug-likeness (QED) is 0.851. The van der Waals surface area contributed by atoms with Crippen LogP contribution < -0.4 is 0 Å². The predicted octanol–water partition coefficient (Wildman–Crippen LogP) is 0.426. The van der Waals surface area contributed by atoms with Crippen LogP contribution in [0.2, 0.25) is 0 Å². The highest BCUT2D eigenvalue weighted by atomic mass is 16.5. The van der Waals surface area contributed by atoms with Crippen molar-refractivity contribution in [3.05, 3.63) is 23.8 Å². The highest BCUT2D eigenvalue weighted by Gasteiger charge is 2.25. The molecular formula is C12H15N3O4. The lowest BCUT2D eigenvalue weighted by molar-refractivity contribution is 0.0265. The van der Waals surface area contributed by atoms with Crippen LogP contribution in [-0.4, -0.2) is 58.2 Å². The van der Waals surface area contributed by atoms with Gasteiger partial charge < -0.3 is 14.7 Å². The Bertz CT molecular complexity index is 474. The van der Waals surface area contributed by atoms with Crippen LogP contribution in [0, 0.1) is 0 Å². The lowest BCUT2D eigenvalue weighted by Gasteiger charge is -2.31. The zero-order chi connectivity index (χ0) is 13.8. The zero-order valence-corrected chi connectivity index (χ0v) is 10.6. The summed E-state index contributed by atoms with van der Waals surface area (Å²) in [5, 5.41) is 8.72. The van der Waals surface area contributed by atoms with E-state index >= 15 is 0 Å². The van der Waals surface area contributed by atoms with Crippen LogP contribution >= 0.6 is 0 Å². The number of carboxylic acids is 1. The Kier molecular flexibility index (Phi) is 4.06. The van der Waals surface area contributed by atoms with Crippen molar-refractivity contribution in [2.24, 2.45) is 0 Å². The first-order valence-electron chi connectivity index (χ1n) is 5.99. The number of carboxylic acid groups (broad SMARTS) is 1. The van der Waals surface area contributed by atoms with Gasteiger partial charge in [-0.15, -0.1) is 0 Å². The lowest BCUT2D eigenvalue weighted by atomic mass is 10.1. The van der Waals surface area contributed by atoms with Gasteiger partial charge in [-0.05, 0) is 12.8 Å². The Labute approximate surface area is 110 Å². The van der Waals surface area contributed by atoms with E-state index in [9.17, 15) is 9.59 Å². The van der Waals surface area contributed by atoms with Crippen LogP contribution in [0.25, 0.3) is 0 Å². The van der Waals surface area contributed by atoms with Gasteiger partial charge in [0.15, 0.2) is 5.69 Å². The van der Waals surface area contributed by atoms with Gasteiger partial charge >= 0.3 is 5.97 Å². The van der Waals surface area contributed by atoms with Gasteiger partial charge in [0.1, 0.15) is 5.69 Å². The molecule has 0 bridgehead atoms. The van der Waals surface area contributed by atoms with Crippen LogP contribution in [0.15, 0.2) is 12.4 Å². The molecule has 1 saturated heterocycles. The van der Waals surface area contributed by atoms with Gasteiger partial charge in [0.05, 0.1) is 18.5 Å². The summed E-state index contributed by atoms with van der Waals surface area (Å²) in [4.78, 5) is 32.0. The molecule has 1 aromatic rings. The number of aromatic carboxylic acids is 1. The minimum Gasteiger partial charge on any atom is -0.476 e. The van der Waals surface area contributed by atoms with Crippen molar-refractivity contribution in [2.75, 3.05) is 20.2 Å². The van der Waals surface area contributed by atoms with E-state index in [1.54, 1.807) is 12.0 Å². The zero-order valence-electron chi connectivity index (χ0n) is 10.6. The third-order valence-electron chi connectivity index (χ3n) is 3.09. The van der Waals surface area contributed by atoms with Gasteiger partial charge in [-0.3, -0.25) is 4.79 Å². The number of amides is 1. The second-order valence-corrected chi connectivity index (χ2v) is 4.34. The summed E-state index contributed by atoms with van der Waals surface area (Å²) < 4.78 is 5.25. The van der Waals surface area contributed by atoms with Crippen LogP contribution in [0.3, 0.4) is 0 Å². The van der Waals surface area contributed by atoms with Crippen LogP contribution in [-0.2, 0) is 4.74 Å². The van der Waals surface area contributed by atoms with E-state index in [1.165, 1.54) is 6.20 Å². The van der Waals surface area contributed by atoms with Crippen molar-refractivity contribution in [3.8, 4) is 0 Å². The van der Waals surface area contributed by atoms with Crippen LogP contribution in [0.5, 0.6) is 0 Å². The highest BCUT2D eigenvalue weighted by Crippen LogP contribution is 2.14. The van der Waals surface area contributed by atoms with Crippen molar-refractivity contribution in [3.63, 3.8) is 0 Å². The number of carbonyl (C=O) groups excluding carboxylic acids is 1. The maximum atomic E-state index is 12.2. The number of methoxy groups -OCH3 is 1. The monoisotopic (exact) mass is 265 g/mol. The number of ether oxygens (including phenoxy) is 1. The molecule has 0 aromatic carbocycles. The maximum absolute atomic E-state index is 12.2. The molecule has 1 N–H and O–H groups in total. The van der Waals surface area contributed by atoms with Crippen LogP contribution in [0.1, 0.15) is 33.8 Å². The number of aromatic nitrogens is 2. The Hall–Kier alpha value is -2.02. The third kappa shape index (κ3) is 3.05. The SMILES string of the molecule is COC1CCCN(C(=O)c2cnc(C(=O)O)cn2)C1. The van der Waals surface area contributed by atoms with Gasteiger partial charge in [0.2, 0.25) is 0 Å². The first kappa shape index (κ1) is 13.4. The number of hydrogen-bond donors (Lipinski definition) is 1. The molecule has 1 aliphatic heterocycles. The molecule has 1 aromatic heterocycles. The Morgan fingerprint density at radius 3 is 2.63 bits per heavy atom. The third-order valence-corrected chi connectivity index (χ3v) is 3.09. The van der Waals surface area contributed by atoms with E-state index < -0.39 is 5.97 Å². The van der Waals surface area contributed by atoms with E-state index in [-0.39, 0.29) is 23.4 Å². The minimum atomic E-state index is -1.16. The van der Waals surface area contributed by atoms with E-state index in [0.29, 0.717) is 13.1 Å². The first-order valence-corrected chi connectivity index (χ1v) is 5.99. The maximum Gasteiger partial charge on any atom is 0.356 e. The largest absolute Gasteiger partial charge is 0.476 e. The molecule has 1 aliphatic rings. The molecule has 0 spiro atoms. The average Bonchev–Trinajstić information content (AvgIpc) is 2.46. The fourth-order valence-corrected chi connectivity index (χ4v) is 2.03. The topological polar surface area (TPSA) is 92.6 Å². The normalized spacial score (nSPS) is 19.2. The number of piperidine rings is 1. The lowest BCUT2D eigenvalue weighted by Crippen LogP contribution is -2.43. The second-order valence-electron chi connectivity index (χ2n) is 4.34. The van der Waals surface area contributed by atoms with Gasteiger partial charge in [0, 0.05) is 20.2 Å². The molecule has 102 valence electrons. The predicted molar refractivity (Wildman–Crippen MR) is 64.9 cm³/mol. The number of rotatable bonds is 3. The minimum absolute atomic E-state index is 0.0453. The van der Waals surface area contributed by atoms with E-state index in [0.717, 1.165) is 19.0 Å². The summed E-state index contributed by atoms with van der Waals surface area (Å²) in [6, 6.07) is 0. The smallest absolute Gasteiger partial charge is 0.356 e. The molecule has 1 amide bonds. The van der Waals surface area contributed by atoms with Gasteiger partial charge in [-0.1, -0.05) is 0 Å². The van der Waals surface area contributed by atoms with Gasteiger partial charge in [0.25, 0.3) is 5.91 Å². The summed E-state index contributed by atoms with van der Waals surface area (Å²) in [7, 11) is 1.63. The first-order chi connectivity index (χ1) is 9.11. The van der Waals surface area contributed by atoms with E-state index in [4.69, 9.17) is 9.84 Å². The molecule has 0 aliphatic carbocycles. The summed E-state index contributed by atoms with van der Waals surface area (Å²) in [6.45, 7) is 1.18. The summed E-state index contributed by atoms with van der Waals surface area (Å²) in [6.07, 6.45) is 4.15. The number of hydrogen-bond acceptors (Lipinski definition) is 5. The fraction of sp³-hybridized carbons (Fsp3) is 0.500. The summed E-state index contributed by atoms with van der Waals surface area (Å²) >= 11 is 0. The molecule has 0 radical (unpaired) electrons. The molecule has 7 nitrogen and oxygen atoms in total. The van der Waals surface area contributed by atoms with Crippen molar-refractivity contribution < 1.29 is 19.4 Å². The van der Waals surface area contributed by atoms with Crippen LogP contribution in [0.4, 0.5) is 0 Å². The molecular weight excluding hydrogens is 250 g/mol. The Morgan fingerprint density at radius 1 is 1.37 bits per heavy atom. The number of carbonyl (C=O) groups is 2. The Morgan fingerprint density at radius 2 is 2.05 bits per heavy atom. The molecule has 1 fully saturated rings. The molecule has 2 heterocycles. The molecule has 1 atom stereocenters. The second kappa shape index (κ2) is 5.75. The van der Waals surface area contributed by atoms with Gasteiger partial charge in [-0.2, -0.15) is 0 Å². The number of nitrogens with zero attached hydrogens (tertiary/aromatic N) is 3.